The van der Waals surface area contributed by atoms with Gasteiger partial charge in [0.1, 0.15) is 17.0 Å². The second-order valence-electron chi connectivity index (χ2n) is 7.36. The van der Waals surface area contributed by atoms with Gasteiger partial charge >= 0.3 is 5.97 Å². The fraction of sp³-hybridized carbons (Fsp3) is 0.409. The maximum absolute atomic E-state index is 12.2. The van der Waals surface area contributed by atoms with Crippen LogP contribution in [0.25, 0.3) is 10.2 Å². The van der Waals surface area contributed by atoms with Crippen LogP contribution in [-0.2, 0) is 22.4 Å². The summed E-state index contributed by atoms with van der Waals surface area (Å²) in [6, 6.07) is 4.40. The SMILES string of the molecule is CCOC(=O)C1CCc2c(sc3ncnc(Nc4cc(C)c(C)cc4SC)c23)C1. The number of anilines is 2. The molecule has 4 rings (SSSR count). The van der Waals surface area contributed by atoms with Crippen LogP contribution >= 0.6 is 23.1 Å². The van der Waals surface area contributed by atoms with E-state index in [9.17, 15) is 4.79 Å². The number of nitrogens with zero attached hydrogens (tertiary/aromatic N) is 2. The normalized spacial score (nSPS) is 15.9. The number of aromatic nitrogens is 2. The first-order valence-electron chi connectivity index (χ1n) is 9.86. The smallest absolute Gasteiger partial charge is 0.309 e. The standard InChI is InChI=1S/C22H25N3O2S2/c1-5-27-22(26)14-6-7-15-17(10-14)29-21-19(15)20(23-11-24-21)25-16-8-12(2)13(3)9-18(16)28-4/h8-9,11,14H,5-7,10H2,1-4H3,(H,23,24,25). The topological polar surface area (TPSA) is 64.1 Å². The van der Waals surface area contributed by atoms with Crippen LogP contribution in [-0.4, -0.2) is 28.8 Å². The number of thiophene rings is 1. The zero-order valence-corrected chi connectivity index (χ0v) is 18.8. The Hall–Kier alpha value is -2.12. The molecule has 1 aliphatic rings. The van der Waals surface area contributed by atoms with Crippen molar-refractivity contribution in [2.75, 3.05) is 18.2 Å². The molecule has 152 valence electrons. The Kier molecular flexibility index (Phi) is 5.79. The molecule has 1 aliphatic carbocycles. The highest BCUT2D eigenvalue weighted by Gasteiger charge is 2.30. The summed E-state index contributed by atoms with van der Waals surface area (Å²) in [5.41, 5.74) is 4.88. The van der Waals surface area contributed by atoms with Crippen LogP contribution in [0.15, 0.2) is 23.4 Å². The van der Waals surface area contributed by atoms with Crippen LogP contribution in [0, 0.1) is 19.8 Å². The van der Waals surface area contributed by atoms with Crippen LogP contribution in [0.5, 0.6) is 0 Å². The number of aryl methyl sites for hydroxylation is 3. The van der Waals surface area contributed by atoms with E-state index in [2.05, 4.69) is 47.5 Å². The number of esters is 1. The van der Waals surface area contributed by atoms with E-state index in [-0.39, 0.29) is 11.9 Å². The molecule has 29 heavy (non-hydrogen) atoms. The first-order chi connectivity index (χ1) is 14.0. The molecule has 0 spiro atoms. The number of benzene rings is 1. The van der Waals surface area contributed by atoms with E-state index in [4.69, 9.17) is 4.74 Å². The number of fused-ring (bicyclic) bond motifs is 3. The van der Waals surface area contributed by atoms with E-state index in [0.29, 0.717) is 6.61 Å². The predicted octanol–water partition coefficient (Wildman–Crippen LogP) is 5.44. The Labute approximate surface area is 179 Å². The van der Waals surface area contributed by atoms with Gasteiger partial charge in [-0.2, -0.15) is 0 Å². The number of thioether (sulfide) groups is 1. The molecule has 0 amide bonds. The molecule has 0 saturated carbocycles. The van der Waals surface area contributed by atoms with Crippen molar-refractivity contribution in [3.8, 4) is 0 Å². The van der Waals surface area contributed by atoms with E-state index in [1.54, 1.807) is 29.4 Å². The molecule has 7 heteroatoms. The van der Waals surface area contributed by atoms with Gasteiger partial charge in [-0.15, -0.1) is 23.1 Å². The monoisotopic (exact) mass is 427 g/mol. The van der Waals surface area contributed by atoms with E-state index in [0.717, 1.165) is 41.0 Å². The third-order valence-electron chi connectivity index (χ3n) is 5.53. The van der Waals surface area contributed by atoms with Crippen LogP contribution in [0.3, 0.4) is 0 Å². The van der Waals surface area contributed by atoms with Crippen molar-refractivity contribution in [1.82, 2.24) is 9.97 Å². The van der Waals surface area contributed by atoms with Gasteiger partial charge in [0.15, 0.2) is 0 Å². The highest BCUT2D eigenvalue weighted by atomic mass is 32.2. The molecule has 1 N–H and O–H groups in total. The Morgan fingerprint density at radius 1 is 1.31 bits per heavy atom. The van der Waals surface area contributed by atoms with Gasteiger partial charge in [0.05, 0.1) is 23.6 Å². The molecule has 0 radical (unpaired) electrons. The third-order valence-corrected chi connectivity index (χ3v) is 7.47. The number of hydrogen-bond donors (Lipinski definition) is 1. The number of nitrogens with one attached hydrogen (secondary N) is 1. The summed E-state index contributed by atoms with van der Waals surface area (Å²) in [5, 5.41) is 4.67. The first-order valence-corrected chi connectivity index (χ1v) is 11.9. The zero-order chi connectivity index (χ0) is 20.5. The highest BCUT2D eigenvalue weighted by Crippen LogP contribution is 2.41. The van der Waals surface area contributed by atoms with Crippen molar-refractivity contribution in [3.63, 3.8) is 0 Å². The Morgan fingerprint density at radius 2 is 2.10 bits per heavy atom. The lowest BCUT2D eigenvalue weighted by Gasteiger charge is -2.21. The van der Waals surface area contributed by atoms with E-state index < -0.39 is 0 Å². The molecular formula is C22H25N3O2S2. The predicted molar refractivity (Wildman–Crippen MR) is 121 cm³/mol. The molecule has 1 atom stereocenters. The first kappa shape index (κ1) is 20.2. The quantitative estimate of drug-likeness (QED) is 0.432. The number of ether oxygens (including phenoxy) is 1. The number of carbonyl (C=O) groups is 1. The second kappa shape index (κ2) is 8.32. The Bertz CT molecular complexity index is 1080. The summed E-state index contributed by atoms with van der Waals surface area (Å²) >= 11 is 3.40. The molecule has 0 saturated heterocycles. The van der Waals surface area contributed by atoms with E-state index in [1.165, 1.54) is 26.5 Å². The maximum Gasteiger partial charge on any atom is 0.309 e. The summed E-state index contributed by atoms with van der Waals surface area (Å²) in [5.74, 6) is 0.711. The second-order valence-corrected chi connectivity index (χ2v) is 9.29. The van der Waals surface area contributed by atoms with E-state index >= 15 is 0 Å². The lowest BCUT2D eigenvalue weighted by atomic mass is 9.88. The van der Waals surface area contributed by atoms with Crippen molar-refractivity contribution in [3.05, 3.63) is 40.0 Å². The van der Waals surface area contributed by atoms with Gasteiger partial charge in [-0.1, -0.05) is 0 Å². The van der Waals surface area contributed by atoms with Crippen molar-refractivity contribution >= 4 is 50.8 Å². The molecule has 0 bridgehead atoms. The summed E-state index contributed by atoms with van der Waals surface area (Å²) in [4.78, 5) is 24.7. The summed E-state index contributed by atoms with van der Waals surface area (Å²) in [7, 11) is 0. The molecule has 1 aromatic carbocycles. The number of carbonyl (C=O) groups excluding carboxylic acids is 1. The van der Waals surface area contributed by atoms with Gasteiger partial charge in [-0.05, 0) is 75.1 Å². The molecule has 3 aromatic rings. The van der Waals surface area contributed by atoms with Crippen LogP contribution in [0.2, 0.25) is 0 Å². The molecule has 0 aliphatic heterocycles. The Balaban J connectivity index is 1.72. The average Bonchev–Trinajstić information content (AvgIpc) is 3.09. The molecule has 2 aromatic heterocycles. The molecular weight excluding hydrogens is 402 g/mol. The minimum atomic E-state index is -0.0835. The number of rotatable bonds is 5. The van der Waals surface area contributed by atoms with Crippen LogP contribution < -0.4 is 5.32 Å². The van der Waals surface area contributed by atoms with Crippen molar-refractivity contribution in [2.45, 2.75) is 44.9 Å². The number of hydrogen-bond acceptors (Lipinski definition) is 7. The minimum absolute atomic E-state index is 0.0530. The zero-order valence-electron chi connectivity index (χ0n) is 17.2. The highest BCUT2D eigenvalue weighted by molar-refractivity contribution is 7.98. The average molecular weight is 428 g/mol. The molecule has 0 fully saturated rings. The van der Waals surface area contributed by atoms with Gasteiger partial charge in [0.2, 0.25) is 0 Å². The lowest BCUT2D eigenvalue weighted by Crippen LogP contribution is -2.23. The minimum Gasteiger partial charge on any atom is -0.466 e. The summed E-state index contributed by atoms with van der Waals surface area (Å²) in [6.45, 7) is 6.55. The maximum atomic E-state index is 12.2. The summed E-state index contributed by atoms with van der Waals surface area (Å²) < 4.78 is 5.24. The van der Waals surface area contributed by atoms with Crippen molar-refractivity contribution in [1.29, 1.82) is 0 Å². The Morgan fingerprint density at radius 3 is 2.86 bits per heavy atom. The van der Waals surface area contributed by atoms with Crippen molar-refractivity contribution in [2.24, 2.45) is 5.92 Å². The largest absolute Gasteiger partial charge is 0.466 e. The fourth-order valence-corrected chi connectivity index (χ4v) is 5.74. The van der Waals surface area contributed by atoms with Gasteiger partial charge in [-0.25, -0.2) is 9.97 Å². The van der Waals surface area contributed by atoms with Gasteiger partial charge in [0, 0.05) is 9.77 Å². The van der Waals surface area contributed by atoms with E-state index in [1.807, 2.05) is 6.92 Å². The molecule has 5 nitrogen and oxygen atoms in total. The van der Waals surface area contributed by atoms with Crippen molar-refractivity contribution < 1.29 is 9.53 Å². The molecule has 2 heterocycles. The van der Waals surface area contributed by atoms with Gasteiger partial charge < -0.3 is 10.1 Å². The lowest BCUT2D eigenvalue weighted by molar-refractivity contribution is -0.148. The van der Waals surface area contributed by atoms with Crippen LogP contribution in [0.1, 0.15) is 34.9 Å². The molecule has 1 unspecified atom stereocenters. The van der Waals surface area contributed by atoms with Gasteiger partial charge in [0.25, 0.3) is 0 Å². The van der Waals surface area contributed by atoms with Gasteiger partial charge in [-0.3, -0.25) is 4.79 Å². The fourth-order valence-electron chi connectivity index (χ4n) is 3.85. The third kappa shape index (κ3) is 3.85. The van der Waals surface area contributed by atoms with Crippen LogP contribution in [0.4, 0.5) is 11.5 Å². The summed E-state index contributed by atoms with van der Waals surface area (Å²) in [6.07, 6.45) is 6.10.